The molecule has 0 aromatic heterocycles. The summed E-state index contributed by atoms with van der Waals surface area (Å²) in [5, 5.41) is -0.565. The van der Waals surface area contributed by atoms with Gasteiger partial charge < -0.3 is 9.47 Å². The lowest BCUT2D eigenvalue weighted by atomic mass is 10.5. The highest BCUT2D eigenvalue weighted by Gasteiger charge is 2.19. The zero-order chi connectivity index (χ0) is 9.56. The third kappa shape index (κ3) is 3.82. The van der Waals surface area contributed by atoms with Crippen molar-refractivity contribution < 1.29 is 18.5 Å². The summed E-state index contributed by atoms with van der Waals surface area (Å²) in [4.78, 5) is 10.9. The van der Waals surface area contributed by atoms with Crippen LogP contribution in [0.25, 0.3) is 0 Å². The second-order valence-corrected chi connectivity index (χ2v) is 4.12. The number of carbonyl (C=O) groups is 1. The van der Waals surface area contributed by atoms with Gasteiger partial charge in [0.2, 0.25) is 0 Å². The van der Waals surface area contributed by atoms with Gasteiger partial charge in [-0.15, -0.1) is 0 Å². The second kappa shape index (κ2) is 6.14. The van der Waals surface area contributed by atoms with Crippen molar-refractivity contribution >= 4 is 16.8 Å². The minimum absolute atomic E-state index is 0.368. The van der Waals surface area contributed by atoms with Gasteiger partial charge in [-0.25, -0.2) is 0 Å². The second-order valence-electron chi connectivity index (χ2n) is 2.24. The molecule has 72 valence electrons. The Morgan fingerprint density at radius 1 is 1.50 bits per heavy atom. The van der Waals surface area contributed by atoms with E-state index in [-0.39, 0.29) is 0 Å². The fourth-order valence-electron chi connectivity index (χ4n) is 0.616. The first kappa shape index (κ1) is 11.6. The van der Waals surface area contributed by atoms with Gasteiger partial charge in [-0.1, -0.05) is 0 Å². The summed E-state index contributed by atoms with van der Waals surface area (Å²) < 4.78 is 20.4. The largest absolute Gasteiger partial charge is 0.468 e. The van der Waals surface area contributed by atoms with Crippen molar-refractivity contribution in [2.75, 3.05) is 26.6 Å². The van der Waals surface area contributed by atoms with E-state index in [4.69, 9.17) is 4.74 Å². The number of hydrogen-bond donors (Lipinski definition) is 0. The molecule has 0 aromatic carbocycles. The monoisotopic (exact) mass is 194 g/mol. The maximum absolute atomic E-state index is 11.2. The Labute approximate surface area is 74.7 Å². The Bertz CT molecular complexity index is 169. The van der Waals surface area contributed by atoms with Crippen LogP contribution in [0.5, 0.6) is 0 Å². The van der Waals surface area contributed by atoms with Gasteiger partial charge in [0.1, 0.15) is 5.25 Å². The molecule has 4 nitrogen and oxygen atoms in total. The van der Waals surface area contributed by atoms with Crippen LogP contribution in [0.4, 0.5) is 0 Å². The lowest BCUT2D eigenvalue weighted by Gasteiger charge is -2.07. The van der Waals surface area contributed by atoms with Crippen molar-refractivity contribution in [1.29, 1.82) is 0 Å². The average Bonchev–Trinajstić information content (AvgIpc) is 2.11. The zero-order valence-corrected chi connectivity index (χ0v) is 8.35. The van der Waals surface area contributed by atoms with Gasteiger partial charge in [-0.2, -0.15) is 0 Å². The van der Waals surface area contributed by atoms with E-state index >= 15 is 0 Å². The SMILES string of the molecule is COCCS(=O)C(C)C(=O)OC. The molecule has 2 unspecified atom stereocenters. The molecular weight excluding hydrogens is 180 g/mol. The van der Waals surface area contributed by atoms with Crippen molar-refractivity contribution in [2.24, 2.45) is 0 Å². The maximum atomic E-state index is 11.2. The van der Waals surface area contributed by atoms with Crippen LogP contribution >= 0.6 is 0 Å². The summed E-state index contributed by atoms with van der Waals surface area (Å²) in [5.74, 6) is -0.0725. The normalized spacial score (nSPS) is 15.2. The average molecular weight is 194 g/mol. The molecule has 0 N–H and O–H groups in total. The summed E-state index contributed by atoms with van der Waals surface area (Å²) in [5.41, 5.74) is 0. The Morgan fingerprint density at radius 3 is 2.50 bits per heavy atom. The van der Waals surface area contributed by atoms with Crippen LogP contribution in [0, 0.1) is 0 Å². The predicted octanol–water partition coefficient (Wildman–Crippen LogP) is -0.0570. The van der Waals surface area contributed by atoms with E-state index in [1.165, 1.54) is 14.2 Å². The van der Waals surface area contributed by atoms with Gasteiger partial charge in [-0.05, 0) is 6.92 Å². The molecule has 0 aliphatic heterocycles. The molecule has 0 aliphatic carbocycles. The summed E-state index contributed by atoms with van der Waals surface area (Å²) in [7, 11) is 1.62. The summed E-state index contributed by atoms with van der Waals surface area (Å²) >= 11 is 0. The van der Waals surface area contributed by atoms with Crippen molar-refractivity contribution in [3.05, 3.63) is 0 Å². The minimum atomic E-state index is -1.19. The predicted molar refractivity (Wildman–Crippen MR) is 46.4 cm³/mol. The molecule has 0 amide bonds. The third-order valence-electron chi connectivity index (χ3n) is 1.42. The Kier molecular flexibility index (Phi) is 5.92. The highest BCUT2D eigenvalue weighted by atomic mass is 32.2. The van der Waals surface area contributed by atoms with E-state index in [2.05, 4.69) is 4.74 Å². The molecule has 0 radical (unpaired) electrons. The standard InChI is InChI=1S/C7H14O4S/c1-6(7(8)11-3)12(9)5-4-10-2/h6H,4-5H2,1-3H3. The van der Waals surface area contributed by atoms with E-state index in [0.717, 1.165) is 0 Å². The molecule has 0 fully saturated rings. The van der Waals surface area contributed by atoms with Gasteiger partial charge in [0.05, 0.1) is 13.7 Å². The number of esters is 1. The number of hydrogen-bond acceptors (Lipinski definition) is 4. The molecule has 0 aliphatic rings. The van der Waals surface area contributed by atoms with Crippen molar-refractivity contribution in [1.82, 2.24) is 0 Å². The van der Waals surface area contributed by atoms with Crippen LogP contribution in [0.15, 0.2) is 0 Å². The van der Waals surface area contributed by atoms with Crippen LogP contribution in [0.3, 0.4) is 0 Å². The van der Waals surface area contributed by atoms with E-state index < -0.39 is 22.0 Å². The van der Waals surface area contributed by atoms with Crippen molar-refractivity contribution in [3.63, 3.8) is 0 Å². The molecule has 5 heteroatoms. The molecule has 0 rings (SSSR count). The molecule has 12 heavy (non-hydrogen) atoms. The molecule has 0 heterocycles. The summed E-state index contributed by atoms with van der Waals surface area (Å²) in [6.07, 6.45) is 0. The Hall–Kier alpha value is -0.420. The first-order valence-electron chi connectivity index (χ1n) is 3.57. The highest BCUT2D eigenvalue weighted by Crippen LogP contribution is 1.98. The number of ether oxygens (including phenoxy) is 2. The van der Waals surface area contributed by atoms with Crippen molar-refractivity contribution in [3.8, 4) is 0 Å². The quantitative estimate of drug-likeness (QED) is 0.575. The first-order valence-corrected chi connectivity index (χ1v) is 4.95. The fraction of sp³-hybridized carbons (Fsp3) is 0.857. The Morgan fingerprint density at radius 2 is 2.08 bits per heavy atom. The smallest absolute Gasteiger partial charge is 0.321 e. The molecule has 0 spiro atoms. The number of carbonyl (C=O) groups excluding carboxylic acids is 1. The van der Waals surface area contributed by atoms with Crippen LogP contribution in [0.1, 0.15) is 6.92 Å². The topological polar surface area (TPSA) is 52.6 Å². The van der Waals surface area contributed by atoms with E-state index in [9.17, 15) is 9.00 Å². The molecule has 0 aromatic rings. The maximum Gasteiger partial charge on any atom is 0.321 e. The fourth-order valence-corrected chi connectivity index (χ4v) is 1.61. The van der Waals surface area contributed by atoms with Gasteiger partial charge in [0.15, 0.2) is 0 Å². The van der Waals surface area contributed by atoms with E-state index in [0.29, 0.717) is 12.4 Å². The lowest BCUT2D eigenvalue weighted by Crippen LogP contribution is -2.26. The number of methoxy groups -OCH3 is 2. The van der Waals surface area contributed by atoms with Crippen LogP contribution in [-0.2, 0) is 25.1 Å². The Balaban J connectivity index is 3.84. The van der Waals surface area contributed by atoms with Gasteiger partial charge >= 0.3 is 5.97 Å². The molecule has 0 bridgehead atoms. The third-order valence-corrected chi connectivity index (χ3v) is 2.97. The molecular formula is C7H14O4S. The van der Waals surface area contributed by atoms with Crippen LogP contribution in [0.2, 0.25) is 0 Å². The van der Waals surface area contributed by atoms with Gasteiger partial charge in [0.25, 0.3) is 0 Å². The van der Waals surface area contributed by atoms with Gasteiger partial charge in [0, 0.05) is 23.7 Å². The number of rotatable bonds is 5. The minimum Gasteiger partial charge on any atom is -0.468 e. The highest BCUT2D eigenvalue weighted by molar-refractivity contribution is 7.86. The van der Waals surface area contributed by atoms with Gasteiger partial charge in [-0.3, -0.25) is 9.00 Å². The van der Waals surface area contributed by atoms with E-state index in [1.54, 1.807) is 6.92 Å². The van der Waals surface area contributed by atoms with E-state index in [1.807, 2.05) is 0 Å². The van der Waals surface area contributed by atoms with Crippen LogP contribution in [-0.4, -0.2) is 42.0 Å². The van der Waals surface area contributed by atoms with Crippen LogP contribution < -0.4 is 0 Å². The summed E-state index contributed by atoms with van der Waals surface area (Å²) in [6.45, 7) is 1.98. The molecule has 2 atom stereocenters. The molecule has 0 saturated carbocycles. The summed E-state index contributed by atoms with van der Waals surface area (Å²) in [6, 6.07) is 0. The lowest BCUT2D eigenvalue weighted by molar-refractivity contribution is -0.139. The van der Waals surface area contributed by atoms with Crippen molar-refractivity contribution in [2.45, 2.75) is 12.2 Å². The molecule has 0 saturated heterocycles. The zero-order valence-electron chi connectivity index (χ0n) is 7.53. The first-order chi connectivity index (χ1) is 5.63.